The van der Waals surface area contributed by atoms with E-state index in [0.717, 1.165) is 31.4 Å². The van der Waals surface area contributed by atoms with Crippen molar-refractivity contribution in [3.8, 4) is 11.4 Å². The van der Waals surface area contributed by atoms with Gasteiger partial charge in [0.1, 0.15) is 0 Å². The lowest BCUT2D eigenvalue weighted by Crippen LogP contribution is -2.41. The Morgan fingerprint density at radius 1 is 1.25 bits per heavy atom. The summed E-state index contributed by atoms with van der Waals surface area (Å²) in [5, 5.41) is 11.9. The van der Waals surface area contributed by atoms with Crippen molar-refractivity contribution in [1.82, 2.24) is 15.0 Å². The highest BCUT2D eigenvalue weighted by Gasteiger charge is 2.27. The first-order chi connectivity index (χ1) is 13.7. The Kier molecular flexibility index (Phi) is 7.46. The summed E-state index contributed by atoms with van der Waals surface area (Å²) in [5.41, 5.74) is 8.01. The van der Waals surface area contributed by atoms with Gasteiger partial charge in [0.25, 0.3) is 0 Å². The lowest BCUT2D eigenvalue weighted by Gasteiger charge is -2.23. The van der Waals surface area contributed by atoms with Crippen LogP contribution in [0.1, 0.15) is 69.7 Å². The molecule has 2 aromatic rings. The van der Waals surface area contributed by atoms with Gasteiger partial charge in [-0.15, -0.1) is 0 Å². The number of aromatic nitrogens is 2. The summed E-state index contributed by atoms with van der Waals surface area (Å²) in [4.78, 5) is 6.51. The summed E-state index contributed by atoms with van der Waals surface area (Å²) >= 11 is 0. The molecule has 1 fully saturated rings. The zero-order valence-corrected chi connectivity index (χ0v) is 17.0. The van der Waals surface area contributed by atoms with E-state index in [-0.39, 0.29) is 12.0 Å². The van der Waals surface area contributed by atoms with Gasteiger partial charge < -0.3 is 15.2 Å². The third kappa shape index (κ3) is 5.57. The zero-order chi connectivity index (χ0) is 19.8. The summed E-state index contributed by atoms with van der Waals surface area (Å²) in [7, 11) is 0. The molecule has 3 N–H and O–H groups in total. The van der Waals surface area contributed by atoms with Gasteiger partial charge in [-0.3, -0.25) is 5.41 Å². The molecule has 0 radical (unpaired) electrons. The number of hydrogen-bond donors (Lipinski definition) is 2. The van der Waals surface area contributed by atoms with Crippen LogP contribution in [0.25, 0.3) is 11.4 Å². The highest BCUT2D eigenvalue weighted by Crippen LogP contribution is 2.23. The monoisotopic (exact) mass is 383 g/mol. The molecule has 1 atom stereocenters. The van der Waals surface area contributed by atoms with E-state index in [2.05, 4.69) is 35.3 Å². The lowest BCUT2D eigenvalue weighted by molar-refractivity contribution is 0.320. The van der Waals surface area contributed by atoms with Crippen LogP contribution < -0.4 is 5.73 Å². The van der Waals surface area contributed by atoms with E-state index in [1.54, 1.807) is 0 Å². The van der Waals surface area contributed by atoms with E-state index in [9.17, 15) is 0 Å². The number of aryl methyl sites for hydroxylation is 1. The van der Waals surface area contributed by atoms with Crippen molar-refractivity contribution in [3.63, 3.8) is 0 Å². The average Bonchev–Trinajstić information content (AvgIpc) is 3.35. The van der Waals surface area contributed by atoms with Crippen LogP contribution in [0, 0.1) is 5.41 Å². The molecule has 1 saturated heterocycles. The number of rotatable bonds is 10. The van der Waals surface area contributed by atoms with Crippen molar-refractivity contribution in [1.29, 1.82) is 5.41 Å². The Balaban J connectivity index is 1.55. The summed E-state index contributed by atoms with van der Waals surface area (Å²) in [6.07, 6.45) is 11.6. The normalized spacial score (nSPS) is 16.6. The SMILES string of the molecule is CCCCCCCCc1cccc(-c2noc(CC3CCCN3C(=N)N)n2)c1. The Morgan fingerprint density at radius 3 is 2.89 bits per heavy atom. The molecule has 1 aliphatic rings. The Labute approximate surface area is 168 Å². The third-order valence-electron chi connectivity index (χ3n) is 5.57. The number of guanidine groups is 1. The molecule has 3 rings (SSSR count). The van der Waals surface area contributed by atoms with Gasteiger partial charge in [0.15, 0.2) is 5.96 Å². The fraction of sp³-hybridized carbons (Fsp3) is 0.591. The minimum atomic E-state index is 0.129. The molecule has 6 heteroatoms. The summed E-state index contributed by atoms with van der Waals surface area (Å²) < 4.78 is 5.49. The van der Waals surface area contributed by atoms with Gasteiger partial charge in [0.05, 0.1) is 0 Å². The molecule has 0 aliphatic carbocycles. The molecule has 0 bridgehead atoms. The van der Waals surface area contributed by atoms with Crippen molar-refractivity contribution in [2.45, 2.75) is 77.2 Å². The molecule has 1 aromatic heterocycles. The fourth-order valence-corrected chi connectivity index (χ4v) is 4.00. The Bertz CT molecular complexity index is 757. The van der Waals surface area contributed by atoms with E-state index in [0.29, 0.717) is 18.1 Å². The maximum atomic E-state index is 7.69. The van der Waals surface area contributed by atoms with Crippen molar-refractivity contribution in [2.75, 3.05) is 6.54 Å². The number of hydrogen-bond acceptors (Lipinski definition) is 4. The van der Waals surface area contributed by atoms with E-state index in [1.807, 2.05) is 11.0 Å². The first kappa shape index (κ1) is 20.4. The second kappa shape index (κ2) is 10.2. The number of nitrogens with zero attached hydrogens (tertiary/aromatic N) is 3. The predicted octanol–water partition coefficient (Wildman–Crippen LogP) is 4.54. The Morgan fingerprint density at radius 2 is 2.07 bits per heavy atom. The van der Waals surface area contributed by atoms with Crippen LogP contribution >= 0.6 is 0 Å². The maximum Gasteiger partial charge on any atom is 0.229 e. The molecule has 28 heavy (non-hydrogen) atoms. The smallest absolute Gasteiger partial charge is 0.229 e. The van der Waals surface area contributed by atoms with Gasteiger partial charge in [0.2, 0.25) is 11.7 Å². The molecule has 6 nitrogen and oxygen atoms in total. The van der Waals surface area contributed by atoms with Crippen LogP contribution in [0.4, 0.5) is 0 Å². The highest BCUT2D eigenvalue weighted by molar-refractivity contribution is 5.75. The summed E-state index contributed by atoms with van der Waals surface area (Å²) in [5.74, 6) is 1.39. The molecule has 0 saturated carbocycles. The topological polar surface area (TPSA) is 92.0 Å². The van der Waals surface area contributed by atoms with Crippen LogP contribution in [0.3, 0.4) is 0 Å². The summed E-state index contributed by atoms with van der Waals surface area (Å²) in [6.45, 7) is 3.09. The maximum absolute atomic E-state index is 7.69. The molecule has 0 amide bonds. The third-order valence-corrected chi connectivity index (χ3v) is 5.57. The number of benzene rings is 1. The van der Waals surface area contributed by atoms with Crippen LogP contribution in [-0.4, -0.2) is 33.6 Å². The van der Waals surface area contributed by atoms with Crippen LogP contribution in [0.5, 0.6) is 0 Å². The van der Waals surface area contributed by atoms with E-state index >= 15 is 0 Å². The van der Waals surface area contributed by atoms with Gasteiger partial charge in [-0.2, -0.15) is 4.98 Å². The fourth-order valence-electron chi connectivity index (χ4n) is 4.00. The minimum absolute atomic E-state index is 0.129. The molecular formula is C22H33N5O. The minimum Gasteiger partial charge on any atom is -0.370 e. The van der Waals surface area contributed by atoms with Crippen molar-refractivity contribution in [3.05, 3.63) is 35.7 Å². The first-order valence-corrected chi connectivity index (χ1v) is 10.7. The quantitative estimate of drug-likeness (QED) is 0.357. The van der Waals surface area contributed by atoms with E-state index < -0.39 is 0 Å². The van der Waals surface area contributed by atoms with Gasteiger partial charge in [-0.1, -0.05) is 62.4 Å². The Hall–Kier alpha value is -2.37. The van der Waals surface area contributed by atoms with Crippen LogP contribution in [0.2, 0.25) is 0 Å². The molecular weight excluding hydrogens is 350 g/mol. The molecule has 1 aromatic carbocycles. The largest absolute Gasteiger partial charge is 0.370 e. The highest BCUT2D eigenvalue weighted by atomic mass is 16.5. The first-order valence-electron chi connectivity index (χ1n) is 10.7. The van der Waals surface area contributed by atoms with E-state index in [1.165, 1.54) is 44.1 Å². The standard InChI is InChI=1S/C22H33N5O/c1-2-3-4-5-6-7-10-17-11-8-12-18(15-17)21-25-20(28-26-21)16-19-13-9-14-27(19)22(23)24/h8,11-12,15,19H,2-7,9-10,13-14,16H2,1H3,(H3,23,24). The molecule has 0 spiro atoms. The van der Waals surface area contributed by atoms with Gasteiger partial charge in [-0.25, -0.2) is 0 Å². The van der Waals surface area contributed by atoms with Crippen LogP contribution in [0.15, 0.2) is 28.8 Å². The van der Waals surface area contributed by atoms with Crippen LogP contribution in [-0.2, 0) is 12.8 Å². The predicted molar refractivity (Wildman–Crippen MR) is 112 cm³/mol. The summed E-state index contributed by atoms with van der Waals surface area (Å²) in [6, 6.07) is 8.66. The number of unbranched alkanes of at least 4 members (excludes halogenated alkanes) is 5. The van der Waals surface area contributed by atoms with Crippen molar-refractivity contribution in [2.24, 2.45) is 5.73 Å². The van der Waals surface area contributed by atoms with E-state index in [4.69, 9.17) is 15.7 Å². The number of nitrogens with two attached hydrogens (primary N) is 1. The molecule has 2 heterocycles. The second-order valence-corrected chi connectivity index (χ2v) is 7.81. The average molecular weight is 384 g/mol. The molecule has 1 aliphatic heterocycles. The lowest BCUT2D eigenvalue weighted by atomic mass is 10.0. The second-order valence-electron chi connectivity index (χ2n) is 7.81. The number of nitrogens with one attached hydrogen (secondary N) is 1. The van der Waals surface area contributed by atoms with Crippen molar-refractivity contribution >= 4 is 5.96 Å². The van der Waals surface area contributed by atoms with Gasteiger partial charge in [0, 0.05) is 24.6 Å². The van der Waals surface area contributed by atoms with Gasteiger partial charge in [-0.05, 0) is 37.3 Å². The van der Waals surface area contributed by atoms with Crippen molar-refractivity contribution < 1.29 is 4.52 Å². The zero-order valence-electron chi connectivity index (χ0n) is 17.0. The molecule has 1 unspecified atom stereocenters. The molecule has 152 valence electrons. The number of likely N-dealkylation sites (tertiary alicyclic amines) is 1. The van der Waals surface area contributed by atoms with Gasteiger partial charge >= 0.3 is 0 Å².